The van der Waals surface area contributed by atoms with E-state index in [0.29, 0.717) is 11.4 Å². The van der Waals surface area contributed by atoms with Gasteiger partial charge in [0.15, 0.2) is 5.03 Å². The van der Waals surface area contributed by atoms with Crippen LogP contribution in [-0.4, -0.2) is 37.6 Å². The number of aromatic amines is 1. The maximum atomic E-state index is 12.8. The predicted octanol–water partition coefficient (Wildman–Crippen LogP) is 2.87. The quantitative estimate of drug-likeness (QED) is 0.518. The van der Waals surface area contributed by atoms with Crippen LogP contribution in [0.25, 0.3) is 0 Å². The van der Waals surface area contributed by atoms with Gasteiger partial charge in [-0.3, -0.25) is 14.6 Å². The van der Waals surface area contributed by atoms with Crippen LogP contribution in [0.5, 0.6) is 0 Å². The SMILES string of the molecule is COC(=O)c1cccc(NC(=O)c2cn[nH]c2S(=O)(=O)Nc2cc(C)cc(C)c2)c1. The molecule has 156 valence electrons. The standard InChI is InChI=1S/C20H20N4O5S/c1-12-7-13(2)9-16(8-12)24-30(27,28)19-17(11-21-23-19)18(25)22-15-6-4-5-14(10-15)20(26)29-3/h4-11,24H,1-3H3,(H,21,23)(H,22,25). The van der Waals surface area contributed by atoms with Crippen molar-refractivity contribution in [1.29, 1.82) is 0 Å². The van der Waals surface area contributed by atoms with Crippen LogP contribution in [0.3, 0.4) is 0 Å². The third-order valence-electron chi connectivity index (χ3n) is 4.13. The molecule has 0 bridgehead atoms. The number of benzene rings is 2. The number of hydrogen-bond acceptors (Lipinski definition) is 6. The number of aryl methyl sites for hydroxylation is 2. The van der Waals surface area contributed by atoms with E-state index in [9.17, 15) is 18.0 Å². The van der Waals surface area contributed by atoms with Crippen LogP contribution in [0.2, 0.25) is 0 Å². The summed E-state index contributed by atoms with van der Waals surface area (Å²) in [4.78, 5) is 24.3. The summed E-state index contributed by atoms with van der Waals surface area (Å²) in [5.74, 6) is -1.26. The van der Waals surface area contributed by atoms with E-state index in [1.807, 2.05) is 19.9 Å². The zero-order valence-electron chi connectivity index (χ0n) is 16.5. The summed E-state index contributed by atoms with van der Waals surface area (Å²) in [6.07, 6.45) is 1.12. The Balaban J connectivity index is 1.85. The average molecular weight is 428 g/mol. The highest BCUT2D eigenvalue weighted by atomic mass is 32.2. The fraction of sp³-hybridized carbons (Fsp3) is 0.150. The summed E-state index contributed by atoms with van der Waals surface area (Å²) in [7, 11) is -2.85. The summed E-state index contributed by atoms with van der Waals surface area (Å²) in [5.41, 5.74) is 2.53. The van der Waals surface area contributed by atoms with Crippen LogP contribution in [0.1, 0.15) is 31.8 Å². The van der Waals surface area contributed by atoms with Crippen molar-refractivity contribution in [2.24, 2.45) is 0 Å². The first-order valence-electron chi connectivity index (χ1n) is 8.84. The number of carbonyl (C=O) groups excluding carboxylic acids is 2. The molecule has 0 unspecified atom stereocenters. The zero-order valence-corrected chi connectivity index (χ0v) is 17.3. The first-order valence-corrected chi connectivity index (χ1v) is 10.3. The number of ether oxygens (including phenoxy) is 1. The van der Waals surface area contributed by atoms with Gasteiger partial charge in [-0.15, -0.1) is 0 Å². The molecule has 0 aliphatic carbocycles. The van der Waals surface area contributed by atoms with Gasteiger partial charge in [-0.1, -0.05) is 12.1 Å². The average Bonchev–Trinajstić information content (AvgIpc) is 3.17. The topological polar surface area (TPSA) is 130 Å². The van der Waals surface area contributed by atoms with Crippen LogP contribution in [0.15, 0.2) is 53.7 Å². The van der Waals surface area contributed by atoms with Crippen LogP contribution in [0.4, 0.5) is 11.4 Å². The van der Waals surface area contributed by atoms with E-state index in [4.69, 9.17) is 0 Å². The van der Waals surface area contributed by atoms with Crippen molar-refractivity contribution < 1.29 is 22.7 Å². The van der Waals surface area contributed by atoms with Crippen molar-refractivity contribution in [3.8, 4) is 0 Å². The van der Waals surface area contributed by atoms with Gasteiger partial charge in [0, 0.05) is 11.4 Å². The fourth-order valence-electron chi connectivity index (χ4n) is 2.92. The minimum absolute atomic E-state index is 0.171. The summed E-state index contributed by atoms with van der Waals surface area (Å²) in [6, 6.07) is 11.4. The minimum Gasteiger partial charge on any atom is -0.465 e. The van der Waals surface area contributed by atoms with Gasteiger partial charge in [0.2, 0.25) is 0 Å². The van der Waals surface area contributed by atoms with Gasteiger partial charge in [-0.05, 0) is 55.3 Å². The van der Waals surface area contributed by atoms with Crippen molar-refractivity contribution in [3.05, 3.63) is 70.9 Å². The van der Waals surface area contributed by atoms with E-state index in [1.165, 1.54) is 19.2 Å². The number of nitrogens with zero attached hydrogens (tertiary/aromatic N) is 1. The molecule has 1 heterocycles. The maximum absolute atomic E-state index is 12.8. The number of H-pyrrole nitrogens is 1. The van der Waals surface area contributed by atoms with Gasteiger partial charge < -0.3 is 10.1 Å². The third-order valence-corrected chi connectivity index (χ3v) is 5.49. The van der Waals surface area contributed by atoms with E-state index in [-0.39, 0.29) is 16.2 Å². The molecule has 3 rings (SSSR count). The molecule has 3 N–H and O–H groups in total. The molecule has 0 spiro atoms. The van der Waals surface area contributed by atoms with Crippen molar-refractivity contribution in [2.75, 3.05) is 17.1 Å². The van der Waals surface area contributed by atoms with Crippen LogP contribution >= 0.6 is 0 Å². The number of aromatic nitrogens is 2. The number of esters is 1. The second-order valence-electron chi connectivity index (χ2n) is 6.62. The molecule has 0 atom stereocenters. The molecule has 1 amide bonds. The Hall–Kier alpha value is -3.66. The second-order valence-corrected chi connectivity index (χ2v) is 8.24. The van der Waals surface area contributed by atoms with E-state index >= 15 is 0 Å². The Morgan fingerprint density at radius 3 is 2.40 bits per heavy atom. The van der Waals surface area contributed by atoms with Crippen molar-refractivity contribution in [1.82, 2.24) is 10.2 Å². The van der Waals surface area contributed by atoms with E-state index in [0.717, 1.165) is 17.3 Å². The molecule has 1 aromatic heterocycles. The lowest BCUT2D eigenvalue weighted by Crippen LogP contribution is -2.20. The number of sulfonamides is 1. The Morgan fingerprint density at radius 2 is 1.73 bits per heavy atom. The Labute approximate surface area is 173 Å². The van der Waals surface area contributed by atoms with Crippen molar-refractivity contribution >= 4 is 33.3 Å². The Kier molecular flexibility index (Phi) is 5.88. The van der Waals surface area contributed by atoms with Gasteiger partial charge in [0.1, 0.15) is 0 Å². The summed E-state index contributed by atoms with van der Waals surface area (Å²) >= 11 is 0. The Morgan fingerprint density at radius 1 is 1.03 bits per heavy atom. The highest BCUT2D eigenvalue weighted by Gasteiger charge is 2.25. The molecule has 0 saturated carbocycles. The number of carbonyl (C=O) groups is 2. The highest BCUT2D eigenvalue weighted by molar-refractivity contribution is 7.92. The van der Waals surface area contributed by atoms with Crippen LogP contribution < -0.4 is 10.0 Å². The van der Waals surface area contributed by atoms with E-state index in [1.54, 1.807) is 24.3 Å². The molecule has 10 heteroatoms. The van der Waals surface area contributed by atoms with Gasteiger partial charge >= 0.3 is 5.97 Å². The van der Waals surface area contributed by atoms with Gasteiger partial charge in [0.25, 0.3) is 15.9 Å². The van der Waals surface area contributed by atoms with E-state index in [2.05, 4.69) is 25.0 Å². The molecule has 0 saturated heterocycles. The summed E-state index contributed by atoms with van der Waals surface area (Å²) in [6.45, 7) is 3.70. The van der Waals surface area contributed by atoms with Gasteiger partial charge in [0.05, 0.1) is 24.4 Å². The molecule has 0 radical (unpaired) electrons. The van der Waals surface area contributed by atoms with Crippen LogP contribution in [0, 0.1) is 13.8 Å². The molecule has 3 aromatic rings. The van der Waals surface area contributed by atoms with E-state index < -0.39 is 21.9 Å². The number of amides is 1. The molecule has 2 aromatic carbocycles. The maximum Gasteiger partial charge on any atom is 0.337 e. The Bertz CT molecular complexity index is 1200. The summed E-state index contributed by atoms with van der Waals surface area (Å²) in [5, 5.41) is 8.26. The molecular weight excluding hydrogens is 408 g/mol. The number of methoxy groups -OCH3 is 1. The van der Waals surface area contributed by atoms with Gasteiger partial charge in [-0.2, -0.15) is 13.5 Å². The number of anilines is 2. The monoisotopic (exact) mass is 428 g/mol. The molecule has 0 aliphatic heterocycles. The zero-order chi connectivity index (χ0) is 21.9. The third kappa shape index (κ3) is 4.66. The van der Waals surface area contributed by atoms with Gasteiger partial charge in [-0.25, -0.2) is 4.79 Å². The predicted molar refractivity (Wildman–Crippen MR) is 111 cm³/mol. The largest absolute Gasteiger partial charge is 0.465 e. The molecular formula is C20H20N4O5S. The fourth-order valence-corrected chi connectivity index (χ4v) is 4.06. The molecule has 9 nitrogen and oxygen atoms in total. The molecule has 0 fully saturated rings. The number of nitrogens with one attached hydrogen (secondary N) is 3. The smallest absolute Gasteiger partial charge is 0.337 e. The lowest BCUT2D eigenvalue weighted by molar-refractivity contribution is 0.0600. The van der Waals surface area contributed by atoms with Crippen molar-refractivity contribution in [3.63, 3.8) is 0 Å². The highest BCUT2D eigenvalue weighted by Crippen LogP contribution is 2.21. The lowest BCUT2D eigenvalue weighted by atomic mass is 10.1. The first kappa shape index (κ1) is 21.1. The van der Waals surface area contributed by atoms with Crippen molar-refractivity contribution in [2.45, 2.75) is 18.9 Å². The second kappa shape index (κ2) is 8.37. The first-order chi connectivity index (χ1) is 14.2. The number of hydrogen-bond donors (Lipinski definition) is 3. The minimum atomic E-state index is -4.10. The normalized spacial score (nSPS) is 11.0. The molecule has 30 heavy (non-hydrogen) atoms. The van der Waals surface area contributed by atoms with Crippen LogP contribution in [-0.2, 0) is 14.8 Å². The summed E-state index contributed by atoms with van der Waals surface area (Å²) < 4.78 is 32.7. The lowest BCUT2D eigenvalue weighted by Gasteiger charge is -2.10. The number of rotatable bonds is 6. The molecule has 0 aliphatic rings.